The molecule has 2 aromatic rings. The number of aliphatic imine (C=N–C) groups is 1. The van der Waals surface area contributed by atoms with E-state index in [1.54, 1.807) is 29.2 Å². The summed E-state index contributed by atoms with van der Waals surface area (Å²) in [4.78, 5) is 31.1. The molecule has 33 heavy (non-hydrogen) atoms. The standard InChI is InChI=1S/C25H28N2O5S/c1-5-17(4)27-24(30)22(33-25(27)26-19-10-7-16(3)8-11-19)14-18-9-12-20(32-15-23(28)29)21(13-18)31-6-2/h7-14,17H,5-6,15H2,1-4H3,(H,28,29)/b22-14+,26-25?/t17-/m1/s1. The van der Waals surface area contributed by atoms with Crippen molar-refractivity contribution in [3.05, 3.63) is 58.5 Å². The smallest absolute Gasteiger partial charge is 0.341 e. The monoisotopic (exact) mass is 468 g/mol. The number of aryl methyl sites for hydroxylation is 1. The van der Waals surface area contributed by atoms with E-state index in [-0.39, 0.29) is 11.9 Å². The molecule has 0 radical (unpaired) electrons. The number of ether oxygens (including phenoxy) is 2. The van der Waals surface area contributed by atoms with Crippen molar-refractivity contribution in [2.24, 2.45) is 4.99 Å². The Morgan fingerprint density at radius 2 is 1.88 bits per heavy atom. The molecule has 174 valence electrons. The maximum absolute atomic E-state index is 13.3. The van der Waals surface area contributed by atoms with Gasteiger partial charge in [0.15, 0.2) is 23.3 Å². The number of nitrogens with zero attached hydrogens (tertiary/aromatic N) is 2. The fourth-order valence-electron chi connectivity index (χ4n) is 3.16. The van der Waals surface area contributed by atoms with Crippen LogP contribution in [0.4, 0.5) is 5.69 Å². The van der Waals surface area contributed by atoms with Crippen LogP contribution in [0.2, 0.25) is 0 Å². The lowest BCUT2D eigenvalue weighted by atomic mass is 10.1. The lowest BCUT2D eigenvalue weighted by molar-refractivity contribution is -0.139. The first kappa shape index (κ1) is 24.4. The number of benzene rings is 2. The Labute approximate surface area is 198 Å². The average molecular weight is 469 g/mol. The van der Waals surface area contributed by atoms with E-state index < -0.39 is 12.6 Å². The lowest BCUT2D eigenvalue weighted by Crippen LogP contribution is -2.36. The van der Waals surface area contributed by atoms with Crippen molar-refractivity contribution in [3.8, 4) is 11.5 Å². The first-order valence-corrected chi connectivity index (χ1v) is 11.6. The zero-order chi connectivity index (χ0) is 24.0. The van der Waals surface area contributed by atoms with Crippen LogP contribution < -0.4 is 9.47 Å². The van der Waals surface area contributed by atoms with E-state index in [2.05, 4.69) is 0 Å². The number of carbonyl (C=O) groups is 2. The summed E-state index contributed by atoms with van der Waals surface area (Å²) in [6, 6.07) is 13.0. The third-order valence-electron chi connectivity index (χ3n) is 5.04. The Balaban J connectivity index is 1.93. The van der Waals surface area contributed by atoms with E-state index in [1.165, 1.54) is 11.8 Å². The highest BCUT2D eigenvalue weighted by Gasteiger charge is 2.36. The highest BCUT2D eigenvalue weighted by Crippen LogP contribution is 2.37. The maximum atomic E-state index is 13.3. The largest absolute Gasteiger partial charge is 0.490 e. The van der Waals surface area contributed by atoms with E-state index in [1.807, 2.05) is 52.0 Å². The first-order chi connectivity index (χ1) is 15.8. The van der Waals surface area contributed by atoms with Crippen LogP contribution in [-0.2, 0) is 9.59 Å². The van der Waals surface area contributed by atoms with Crippen LogP contribution >= 0.6 is 11.8 Å². The van der Waals surface area contributed by atoms with Gasteiger partial charge in [0, 0.05) is 6.04 Å². The summed E-state index contributed by atoms with van der Waals surface area (Å²) in [6.45, 7) is 7.83. The van der Waals surface area contributed by atoms with Gasteiger partial charge in [-0.05, 0) is 74.9 Å². The molecule has 1 aliphatic rings. The van der Waals surface area contributed by atoms with Crippen LogP contribution in [0, 0.1) is 6.92 Å². The SMILES string of the molecule is CCOc1cc(/C=C2/SC(=Nc3ccc(C)cc3)N([C@H](C)CC)C2=O)ccc1OCC(=O)O. The number of aliphatic carboxylic acids is 1. The summed E-state index contributed by atoms with van der Waals surface area (Å²) in [6.07, 6.45) is 2.60. The third kappa shape index (κ3) is 6.16. The van der Waals surface area contributed by atoms with Gasteiger partial charge in [-0.1, -0.05) is 30.7 Å². The Morgan fingerprint density at radius 3 is 2.52 bits per heavy atom. The molecule has 1 heterocycles. The molecule has 1 amide bonds. The third-order valence-corrected chi connectivity index (χ3v) is 6.03. The van der Waals surface area contributed by atoms with Crippen LogP contribution in [0.5, 0.6) is 11.5 Å². The van der Waals surface area contributed by atoms with Gasteiger partial charge in [0.25, 0.3) is 5.91 Å². The van der Waals surface area contributed by atoms with Gasteiger partial charge >= 0.3 is 5.97 Å². The Morgan fingerprint density at radius 1 is 1.15 bits per heavy atom. The summed E-state index contributed by atoms with van der Waals surface area (Å²) >= 11 is 1.34. The Bertz CT molecular complexity index is 1080. The number of carboxylic acid groups (broad SMARTS) is 1. The van der Waals surface area contributed by atoms with Gasteiger partial charge < -0.3 is 14.6 Å². The van der Waals surface area contributed by atoms with Crippen LogP contribution in [0.15, 0.2) is 52.4 Å². The number of thioether (sulfide) groups is 1. The molecule has 1 atom stereocenters. The van der Waals surface area contributed by atoms with E-state index in [0.29, 0.717) is 28.2 Å². The van der Waals surface area contributed by atoms with E-state index in [9.17, 15) is 9.59 Å². The molecule has 8 heteroatoms. The van der Waals surface area contributed by atoms with Crippen molar-refractivity contribution in [1.29, 1.82) is 0 Å². The van der Waals surface area contributed by atoms with Crippen molar-refractivity contribution in [2.75, 3.05) is 13.2 Å². The number of amidine groups is 1. The average Bonchev–Trinajstić information content (AvgIpc) is 3.09. The fraction of sp³-hybridized carbons (Fsp3) is 0.320. The molecule has 1 aliphatic heterocycles. The van der Waals surface area contributed by atoms with Gasteiger partial charge in [-0.3, -0.25) is 9.69 Å². The van der Waals surface area contributed by atoms with E-state index in [4.69, 9.17) is 19.6 Å². The molecular weight excluding hydrogens is 440 g/mol. The molecule has 0 unspecified atom stereocenters. The van der Waals surface area contributed by atoms with Crippen LogP contribution in [0.25, 0.3) is 6.08 Å². The molecule has 0 saturated carbocycles. The fourth-order valence-corrected chi connectivity index (χ4v) is 4.25. The van der Waals surface area contributed by atoms with Gasteiger partial charge in [0.05, 0.1) is 17.2 Å². The molecule has 0 bridgehead atoms. The second kappa shape index (κ2) is 11.0. The molecule has 0 aliphatic carbocycles. The minimum atomic E-state index is -1.07. The minimum Gasteiger partial charge on any atom is -0.490 e. The van der Waals surface area contributed by atoms with Crippen LogP contribution in [0.1, 0.15) is 38.3 Å². The van der Waals surface area contributed by atoms with Crippen molar-refractivity contribution >= 4 is 40.6 Å². The van der Waals surface area contributed by atoms with E-state index >= 15 is 0 Å². The second-order valence-corrected chi connectivity index (χ2v) is 8.60. The molecule has 1 saturated heterocycles. The number of hydrogen-bond acceptors (Lipinski definition) is 6. The highest BCUT2D eigenvalue weighted by molar-refractivity contribution is 8.18. The molecule has 3 rings (SSSR count). The predicted octanol–water partition coefficient (Wildman–Crippen LogP) is 5.26. The van der Waals surface area contributed by atoms with Crippen molar-refractivity contribution < 1.29 is 24.2 Å². The van der Waals surface area contributed by atoms with Gasteiger partial charge in [-0.15, -0.1) is 0 Å². The number of amides is 1. The summed E-state index contributed by atoms with van der Waals surface area (Å²) in [7, 11) is 0. The summed E-state index contributed by atoms with van der Waals surface area (Å²) in [5.74, 6) is -0.392. The van der Waals surface area contributed by atoms with Gasteiger partial charge in [-0.2, -0.15) is 0 Å². The quantitative estimate of drug-likeness (QED) is 0.505. The van der Waals surface area contributed by atoms with Gasteiger partial charge in [0.1, 0.15) is 0 Å². The van der Waals surface area contributed by atoms with Crippen LogP contribution in [-0.4, -0.2) is 46.3 Å². The van der Waals surface area contributed by atoms with Crippen molar-refractivity contribution in [1.82, 2.24) is 4.90 Å². The Kier molecular flexibility index (Phi) is 8.16. The maximum Gasteiger partial charge on any atom is 0.341 e. The first-order valence-electron chi connectivity index (χ1n) is 10.8. The highest BCUT2D eigenvalue weighted by atomic mass is 32.2. The topological polar surface area (TPSA) is 88.4 Å². The van der Waals surface area contributed by atoms with Crippen LogP contribution in [0.3, 0.4) is 0 Å². The number of carboxylic acids is 1. The number of rotatable bonds is 9. The van der Waals surface area contributed by atoms with Crippen molar-refractivity contribution in [2.45, 2.75) is 40.2 Å². The Hall–Kier alpha value is -3.26. The molecule has 1 N–H and O–H groups in total. The normalized spacial score (nSPS) is 17.0. The number of hydrogen-bond donors (Lipinski definition) is 1. The zero-order valence-corrected chi connectivity index (χ0v) is 20.0. The summed E-state index contributed by atoms with van der Waals surface area (Å²) < 4.78 is 10.9. The van der Waals surface area contributed by atoms with Gasteiger partial charge in [0.2, 0.25) is 0 Å². The number of carbonyl (C=O) groups excluding carboxylic acids is 1. The molecule has 0 aromatic heterocycles. The second-order valence-electron chi connectivity index (χ2n) is 7.59. The molecule has 0 spiro atoms. The predicted molar refractivity (Wildman–Crippen MR) is 131 cm³/mol. The summed E-state index contributed by atoms with van der Waals surface area (Å²) in [5, 5.41) is 9.52. The molecule has 2 aromatic carbocycles. The van der Waals surface area contributed by atoms with Crippen molar-refractivity contribution in [3.63, 3.8) is 0 Å². The molecule has 1 fully saturated rings. The van der Waals surface area contributed by atoms with E-state index in [0.717, 1.165) is 23.2 Å². The van der Waals surface area contributed by atoms with Gasteiger partial charge in [-0.25, -0.2) is 9.79 Å². The minimum absolute atomic E-state index is 0.00544. The molecular formula is C25H28N2O5S. The summed E-state index contributed by atoms with van der Waals surface area (Å²) in [5.41, 5.74) is 2.69. The molecule has 7 nitrogen and oxygen atoms in total. The zero-order valence-electron chi connectivity index (χ0n) is 19.2. The lowest BCUT2D eigenvalue weighted by Gasteiger charge is -2.22.